The molecular formula is C26H26ClFO3. The molecule has 2 fully saturated rings. The number of carbonyl (C=O) groups excluding carboxylic acids is 1. The predicted molar refractivity (Wildman–Crippen MR) is 119 cm³/mol. The molecule has 0 radical (unpaired) electrons. The van der Waals surface area contributed by atoms with Crippen LogP contribution < -0.4 is 0 Å². The second kappa shape index (κ2) is 7.46. The van der Waals surface area contributed by atoms with Crippen LogP contribution in [0.15, 0.2) is 36.1 Å². The van der Waals surface area contributed by atoms with Crippen LogP contribution in [-0.2, 0) is 22.4 Å². The van der Waals surface area contributed by atoms with Gasteiger partial charge in [0.25, 0.3) is 0 Å². The van der Waals surface area contributed by atoms with Crippen molar-refractivity contribution >= 4 is 23.0 Å². The molecule has 2 heterocycles. The van der Waals surface area contributed by atoms with Crippen molar-refractivity contribution in [3.8, 4) is 0 Å². The summed E-state index contributed by atoms with van der Waals surface area (Å²) in [6, 6.07) is 8.97. The zero-order valence-corrected chi connectivity index (χ0v) is 18.7. The van der Waals surface area contributed by atoms with Crippen LogP contribution in [-0.4, -0.2) is 23.1 Å². The minimum absolute atomic E-state index is 0.00107. The van der Waals surface area contributed by atoms with E-state index in [-0.39, 0.29) is 46.5 Å². The fraction of sp³-hybridized carbons (Fsp3) is 0.423. The Bertz CT molecular complexity index is 1100. The molecule has 0 aromatic heterocycles. The van der Waals surface area contributed by atoms with Gasteiger partial charge in [-0.2, -0.15) is 0 Å². The van der Waals surface area contributed by atoms with E-state index in [2.05, 4.69) is 32.9 Å². The Morgan fingerprint density at radius 3 is 2.42 bits per heavy atom. The summed E-state index contributed by atoms with van der Waals surface area (Å²) in [4.78, 5) is 13.6. The Balaban J connectivity index is 1.59. The smallest absolute Gasteiger partial charge is 0.173 e. The molecule has 2 aromatic rings. The molecule has 0 spiro atoms. The SMILES string of the molecule is CCc1cc(C)cc(CC)c1C1=C(O)[C@@H]2[C@@H]3O[C@@H](C[C@H]3c3ccc(F)c(Cl)c3)[C@@H]2C1=O. The Morgan fingerprint density at radius 1 is 1.13 bits per heavy atom. The Hall–Kier alpha value is -2.17. The van der Waals surface area contributed by atoms with Crippen molar-refractivity contribution < 1.29 is 19.0 Å². The third-order valence-corrected chi connectivity index (χ3v) is 7.60. The predicted octanol–water partition coefficient (Wildman–Crippen LogP) is 5.95. The first-order valence-electron chi connectivity index (χ1n) is 11.1. The zero-order valence-electron chi connectivity index (χ0n) is 17.9. The fourth-order valence-corrected chi connectivity index (χ4v) is 6.19. The summed E-state index contributed by atoms with van der Waals surface area (Å²) in [5.41, 5.74) is 5.65. The van der Waals surface area contributed by atoms with Gasteiger partial charge in [0.15, 0.2) is 5.78 Å². The Morgan fingerprint density at radius 2 is 1.81 bits per heavy atom. The van der Waals surface area contributed by atoms with Crippen molar-refractivity contribution in [3.05, 3.63) is 74.7 Å². The molecule has 3 aliphatic rings. The summed E-state index contributed by atoms with van der Waals surface area (Å²) in [5, 5.41) is 11.5. The second-order valence-electron chi connectivity index (χ2n) is 9.00. The number of aliphatic hydroxyl groups is 1. The van der Waals surface area contributed by atoms with E-state index >= 15 is 0 Å². The molecule has 2 saturated heterocycles. The number of Topliss-reactive ketones (excluding diaryl/α,β-unsaturated/α-hetero) is 1. The van der Waals surface area contributed by atoms with Crippen LogP contribution in [0.1, 0.15) is 54.0 Å². The second-order valence-corrected chi connectivity index (χ2v) is 9.40. The summed E-state index contributed by atoms with van der Waals surface area (Å²) in [6.07, 6.45) is 1.72. The lowest BCUT2D eigenvalue weighted by Gasteiger charge is -2.27. The Labute approximate surface area is 186 Å². The van der Waals surface area contributed by atoms with Crippen LogP contribution in [0.2, 0.25) is 5.02 Å². The Kier molecular flexibility index (Phi) is 4.98. The third kappa shape index (κ3) is 2.99. The number of ether oxygens (including phenoxy) is 1. The van der Waals surface area contributed by atoms with Crippen molar-refractivity contribution in [3.63, 3.8) is 0 Å². The van der Waals surface area contributed by atoms with E-state index < -0.39 is 5.82 Å². The number of hydrogen-bond donors (Lipinski definition) is 1. The summed E-state index contributed by atoms with van der Waals surface area (Å²) in [5.74, 6) is -1.01. The first kappa shape index (κ1) is 20.7. The molecule has 0 saturated carbocycles. The van der Waals surface area contributed by atoms with Crippen molar-refractivity contribution in [1.29, 1.82) is 0 Å². The highest BCUT2D eigenvalue weighted by molar-refractivity contribution is 6.30. The maximum Gasteiger partial charge on any atom is 0.173 e. The topological polar surface area (TPSA) is 46.5 Å². The first-order valence-corrected chi connectivity index (χ1v) is 11.4. The van der Waals surface area contributed by atoms with Gasteiger partial charge in [-0.1, -0.05) is 49.2 Å². The van der Waals surface area contributed by atoms with Crippen LogP contribution in [0, 0.1) is 24.6 Å². The third-order valence-electron chi connectivity index (χ3n) is 7.31. The number of aryl methyl sites for hydroxylation is 3. The monoisotopic (exact) mass is 440 g/mol. The van der Waals surface area contributed by atoms with Gasteiger partial charge in [-0.25, -0.2) is 4.39 Å². The number of allylic oxidation sites excluding steroid dienone is 1. The van der Waals surface area contributed by atoms with E-state index in [1.165, 1.54) is 11.6 Å². The average Bonchev–Trinajstić information content (AvgIpc) is 3.41. The number of carbonyl (C=O) groups is 1. The van der Waals surface area contributed by atoms with Crippen LogP contribution in [0.3, 0.4) is 0 Å². The van der Waals surface area contributed by atoms with E-state index in [4.69, 9.17) is 16.3 Å². The number of hydrogen-bond acceptors (Lipinski definition) is 3. The number of ketones is 1. The molecule has 5 atom stereocenters. The van der Waals surface area contributed by atoms with Gasteiger partial charge in [-0.15, -0.1) is 0 Å². The molecule has 5 heteroatoms. The summed E-state index contributed by atoms with van der Waals surface area (Å²) in [7, 11) is 0. The summed E-state index contributed by atoms with van der Waals surface area (Å²) >= 11 is 6.01. The van der Waals surface area contributed by atoms with Crippen LogP contribution in [0.25, 0.3) is 5.57 Å². The minimum atomic E-state index is -0.452. The lowest BCUT2D eigenvalue weighted by molar-refractivity contribution is -0.118. The molecule has 3 nitrogen and oxygen atoms in total. The van der Waals surface area contributed by atoms with Gasteiger partial charge in [0.05, 0.1) is 34.6 Å². The molecule has 0 unspecified atom stereocenters. The molecule has 1 aliphatic carbocycles. The quantitative estimate of drug-likeness (QED) is 0.638. The largest absolute Gasteiger partial charge is 0.511 e. The van der Waals surface area contributed by atoms with Gasteiger partial charge in [-0.05, 0) is 60.6 Å². The highest BCUT2D eigenvalue weighted by atomic mass is 35.5. The maximum atomic E-state index is 13.7. The normalized spacial score (nSPS) is 29.2. The number of fused-ring (bicyclic) bond motifs is 5. The van der Waals surface area contributed by atoms with E-state index in [0.717, 1.165) is 35.1 Å². The van der Waals surface area contributed by atoms with Crippen LogP contribution in [0.5, 0.6) is 0 Å². The van der Waals surface area contributed by atoms with Gasteiger partial charge in [0, 0.05) is 5.92 Å². The number of halogens is 2. The van der Waals surface area contributed by atoms with Gasteiger partial charge in [-0.3, -0.25) is 4.79 Å². The van der Waals surface area contributed by atoms with Crippen molar-refractivity contribution in [2.75, 3.05) is 0 Å². The minimum Gasteiger partial charge on any atom is -0.511 e. The van der Waals surface area contributed by atoms with Crippen LogP contribution in [0.4, 0.5) is 4.39 Å². The fourth-order valence-electron chi connectivity index (χ4n) is 6.00. The molecule has 2 aromatic carbocycles. The van der Waals surface area contributed by atoms with Gasteiger partial charge >= 0.3 is 0 Å². The maximum absolute atomic E-state index is 13.7. The molecular weight excluding hydrogens is 415 g/mol. The molecule has 5 rings (SSSR count). The van der Waals surface area contributed by atoms with E-state index in [0.29, 0.717) is 12.0 Å². The van der Waals surface area contributed by atoms with Crippen molar-refractivity contribution in [2.45, 2.75) is 58.2 Å². The first-order chi connectivity index (χ1) is 14.8. The summed E-state index contributed by atoms with van der Waals surface area (Å²) in [6.45, 7) is 6.22. The van der Waals surface area contributed by atoms with Crippen LogP contribution >= 0.6 is 11.6 Å². The van der Waals surface area contributed by atoms with E-state index in [1.54, 1.807) is 12.1 Å². The van der Waals surface area contributed by atoms with Crippen molar-refractivity contribution in [1.82, 2.24) is 0 Å². The lowest BCUT2D eigenvalue weighted by Crippen LogP contribution is -2.33. The molecule has 2 bridgehead atoms. The lowest BCUT2D eigenvalue weighted by atomic mass is 9.72. The zero-order chi connectivity index (χ0) is 22.0. The summed E-state index contributed by atoms with van der Waals surface area (Å²) < 4.78 is 19.8. The van der Waals surface area contributed by atoms with Gasteiger partial charge in [0.1, 0.15) is 11.6 Å². The molecule has 1 N–H and O–H groups in total. The molecule has 162 valence electrons. The number of benzene rings is 2. The van der Waals surface area contributed by atoms with E-state index in [1.807, 2.05) is 0 Å². The average molecular weight is 441 g/mol. The number of aliphatic hydroxyl groups excluding tert-OH is 1. The standard InChI is InChI=1S/C26H26ClFO3/c1-4-13-8-12(3)9-14(5-2)20(13)22-24(29)21-19-11-16(26(31-19)23(21)25(22)30)15-6-7-18(28)17(27)10-15/h6-10,16,19,21,23,26,30H,4-5,11H2,1-3H3/t16-,19-,21-,23+,26+/m0/s1. The molecule has 0 amide bonds. The highest BCUT2D eigenvalue weighted by Gasteiger charge is 2.62. The molecule has 31 heavy (non-hydrogen) atoms. The number of rotatable bonds is 4. The highest BCUT2D eigenvalue weighted by Crippen LogP contribution is 2.58. The van der Waals surface area contributed by atoms with E-state index in [9.17, 15) is 14.3 Å². The van der Waals surface area contributed by atoms with Crippen molar-refractivity contribution in [2.24, 2.45) is 11.8 Å². The molecule has 2 aliphatic heterocycles. The van der Waals surface area contributed by atoms with Gasteiger partial charge < -0.3 is 9.84 Å². The van der Waals surface area contributed by atoms with Gasteiger partial charge in [0.2, 0.25) is 0 Å².